The highest BCUT2D eigenvalue weighted by molar-refractivity contribution is 7.22. The fourth-order valence-corrected chi connectivity index (χ4v) is 4.43. The van der Waals surface area contributed by atoms with Gasteiger partial charge in [0.05, 0.1) is 39.0 Å². The van der Waals surface area contributed by atoms with Crippen molar-refractivity contribution in [1.29, 1.82) is 0 Å². The molecule has 0 saturated carbocycles. The largest absolute Gasteiger partial charge is 0.497 e. The number of aromatic nitrogens is 2. The summed E-state index contributed by atoms with van der Waals surface area (Å²) in [5.74, 6) is 0.350. The highest BCUT2D eigenvalue weighted by atomic mass is 32.1. The minimum absolute atomic E-state index is 0.0212. The van der Waals surface area contributed by atoms with Crippen molar-refractivity contribution in [3.63, 3.8) is 0 Å². The lowest BCUT2D eigenvalue weighted by Crippen LogP contribution is -2.13. The Morgan fingerprint density at radius 3 is 2.67 bits per heavy atom. The van der Waals surface area contributed by atoms with Gasteiger partial charge in [-0.25, -0.2) is 9.97 Å². The number of benzene rings is 3. The molecule has 1 amide bonds. The molecule has 2 heterocycles. The van der Waals surface area contributed by atoms with Crippen LogP contribution < -0.4 is 10.1 Å². The van der Waals surface area contributed by atoms with Crippen molar-refractivity contribution in [1.82, 2.24) is 9.97 Å². The monoisotopic (exact) mass is 456 g/mol. The van der Waals surface area contributed by atoms with Gasteiger partial charge in [0.15, 0.2) is 5.13 Å². The van der Waals surface area contributed by atoms with Gasteiger partial charge in [-0.1, -0.05) is 41.7 Å². The lowest BCUT2D eigenvalue weighted by Gasteiger charge is -2.10. The summed E-state index contributed by atoms with van der Waals surface area (Å²) in [6, 6.07) is 21.0. The molecule has 0 bridgehead atoms. The number of amides is 1. The number of methoxy groups -OCH3 is 1. The van der Waals surface area contributed by atoms with E-state index in [2.05, 4.69) is 10.3 Å². The molecule has 0 fully saturated rings. The summed E-state index contributed by atoms with van der Waals surface area (Å²) >= 11 is 1.18. The van der Waals surface area contributed by atoms with Gasteiger partial charge in [-0.2, -0.15) is 0 Å². The van der Waals surface area contributed by atoms with Crippen LogP contribution in [-0.4, -0.2) is 27.9 Å². The number of hydrogen-bond donors (Lipinski definition) is 1. The number of fused-ring (bicyclic) bond motifs is 2. The van der Waals surface area contributed by atoms with Crippen molar-refractivity contribution in [2.45, 2.75) is 0 Å². The summed E-state index contributed by atoms with van der Waals surface area (Å²) in [5, 5.41) is 14.9. The number of nitrogens with zero attached hydrogens (tertiary/aromatic N) is 3. The van der Waals surface area contributed by atoms with E-state index in [-0.39, 0.29) is 11.6 Å². The summed E-state index contributed by atoms with van der Waals surface area (Å²) in [7, 11) is 1.60. The molecule has 1 N–H and O–H groups in total. The van der Waals surface area contributed by atoms with Crippen molar-refractivity contribution in [3.8, 4) is 17.0 Å². The number of para-hydroxylation sites is 1. The van der Waals surface area contributed by atoms with E-state index >= 15 is 0 Å². The number of anilines is 1. The molecule has 3 aromatic carbocycles. The molecule has 5 rings (SSSR count). The van der Waals surface area contributed by atoms with Crippen LogP contribution in [0.25, 0.3) is 32.4 Å². The second-order valence-corrected chi connectivity index (χ2v) is 8.22. The van der Waals surface area contributed by atoms with Crippen LogP contribution in [0.1, 0.15) is 10.4 Å². The van der Waals surface area contributed by atoms with Crippen LogP contribution in [-0.2, 0) is 0 Å². The van der Waals surface area contributed by atoms with E-state index in [1.165, 1.54) is 23.5 Å². The van der Waals surface area contributed by atoms with Crippen LogP contribution in [0.2, 0.25) is 0 Å². The number of pyridine rings is 1. The normalized spacial score (nSPS) is 10.9. The van der Waals surface area contributed by atoms with Crippen molar-refractivity contribution in [2.24, 2.45) is 0 Å². The number of carbonyl (C=O) groups is 1. The number of nitro groups is 1. The van der Waals surface area contributed by atoms with Gasteiger partial charge < -0.3 is 4.74 Å². The Bertz CT molecular complexity index is 1550. The Hall–Kier alpha value is -4.37. The van der Waals surface area contributed by atoms with E-state index in [1.54, 1.807) is 19.2 Å². The summed E-state index contributed by atoms with van der Waals surface area (Å²) < 4.78 is 5.94. The molecule has 0 saturated heterocycles. The van der Waals surface area contributed by atoms with E-state index in [0.717, 1.165) is 5.56 Å². The van der Waals surface area contributed by atoms with Crippen LogP contribution >= 0.6 is 11.3 Å². The minimum Gasteiger partial charge on any atom is -0.497 e. The maximum Gasteiger partial charge on any atom is 0.270 e. The zero-order chi connectivity index (χ0) is 22.9. The standard InChI is InChI=1S/C24H16N4O4S/c1-32-16-6-4-5-14(11-16)21-13-18(17-7-2-3-8-19(17)25-21)23(29)27-24-26-20-10-9-15(28(30)31)12-22(20)33-24/h2-13H,1H3,(H,26,27,29). The fraction of sp³-hybridized carbons (Fsp3) is 0.0417. The molecule has 2 aromatic heterocycles. The van der Waals surface area contributed by atoms with Crippen molar-refractivity contribution < 1.29 is 14.5 Å². The predicted molar refractivity (Wildman–Crippen MR) is 128 cm³/mol. The average Bonchev–Trinajstić information content (AvgIpc) is 3.24. The smallest absolute Gasteiger partial charge is 0.270 e. The lowest BCUT2D eigenvalue weighted by molar-refractivity contribution is -0.384. The molecule has 8 nitrogen and oxygen atoms in total. The number of ether oxygens (including phenoxy) is 1. The van der Waals surface area contributed by atoms with E-state index in [9.17, 15) is 14.9 Å². The van der Waals surface area contributed by atoms with Gasteiger partial charge in [-0.3, -0.25) is 20.2 Å². The maximum absolute atomic E-state index is 13.3. The molecule has 0 aliphatic heterocycles. The zero-order valence-corrected chi connectivity index (χ0v) is 18.1. The second-order valence-electron chi connectivity index (χ2n) is 7.19. The maximum atomic E-state index is 13.3. The number of hydrogen-bond acceptors (Lipinski definition) is 7. The molecular formula is C24H16N4O4S. The second kappa shape index (κ2) is 8.29. The molecule has 0 radical (unpaired) electrons. The molecular weight excluding hydrogens is 440 g/mol. The third-order valence-corrected chi connectivity index (χ3v) is 6.06. The third kappa shape index (κ3) is 3.97. The topological polar surface area (TPSA) is 107 Å². The highest BCUT2D eigenvalue weighted by Crippen LogP contribution is 2.31. The number of carbonyl (C=O) groups excluding carboxylic acids is 1. The highest BCUT2D eigenvalue weighted by Gasteiger charge is 2.17. The Labute approximate surface area is 191 Å². The van der Waals surface area contributed by atoms with Crippen LogP contribution in [0.5, 0.6) is 5.75 Å². The van der Waals surface area contributed by atoms with Crippen LogP contribution in [0.4, 0.5) is 10.8 Å². The molecule has 0 spiro atoms. The van der Waals surface area contributed by atoms with E-state index in [1.807, 2.05) is 48.5 Å². The van der Waals surface area contributed by atoms with Gasteiger partial charge in [0.2, 0.25) is 0 Å². The van der Waals surface area contributed by atoms with Gasteiger partial charge >= 0.3 is 0 Å². The predicted octanol–water partition coefficient (Wildman–Crippen LogP) is 5.68. The quantitative estimate of drug-likeness (QED) is 0.269. The van der Waals surface area contributed by atoms with Crippen molar-refractivity contribution in [3.05, 3.63) is 88.5 Å². The van der Waals surface area contributed by atoms with Crippen molar-refractivity contribution >= 4 is 49.2 Å². The number of thiazole rings is 1. The minimum atomic E-state index is -0.458. The molecule has 5 aromatic rings. The fourth-order valence-electron chi connectivity index (χ4n) is 3.54. The molecule has 0 unspecified atom stereocenters. The Balaban J connectivity index is 1.55. The van der Waals surface area contributed by atoms with E-state index < -0.39 is 4.92 Å². The van der Waals surface area contributed by atoms with Gasteiger partial charge in [-0.15, -0.1) is 0 Å². The van der Waals surface area contributed by atoms with Gasteiger partial charge in [0.25, 0.3) is 11.6 Å². The number of nitro benzene ring substituents is 1. The van der Waals surface area contributed by atoms with Gasteiger partial charge in [0, 0.05) is 23.1 Å². The van der Waals surface area contributed by atoms with Crippen molar-refractivity contribution in [2.75, 3.05) is 12.4 Å². The summed E-state index contributed by atoms with van der Waals surface area (Å²) in [6.45, 7) is 0. The van der Waals surface area contributed by atoms with Crippen LogP contribution in [0.3, 0.4) is 0 Å². The summed E-state index contributed by atoms with van der Waals surface area (Å²) in [5.41, 5.74) is 3.15. The molecule has 33 heavy (non-hydrogen) atoms. The molecule has 162 valence electrons. The van der Waals surface area contributed by atoms with Gasteiger partial charge in [0.1, 0.15) is 5.75 Å². The summed E-state index contributed by atoms with van der Waals surface area (Å²) in [4.78, 5) is 33.0. The number of non-ortho nitro benzene ring substituents is 1. The molecule has 9 heteroatoms. The Morgan fingerprint density at radius 1 is 1.00 bits per heavy atom. The molecule has 0 aliphatic carbocycles. The Kier molecular flexibility index (Phi) is 5.15. The first-order chi connectivity index (χ1) is 16.0. The first kappa shape index (κ1) is 20.5. The number of rotatable bonds is 5. The first-order valence-electron chi connectivity index (χ1n) is 9.92. The summed E-state index contributed by atoms with van der Waals surface area (Å²) in [6.07, 6.45) is 0. The molecule has 0 atom stereocenters. The zero-order valence-electron chi connectivity index (χ0n) is 17.3. The molecule has 0 aliphatic rings. The van der Waals surface area contributed by atoms with Crippen LogP contribution in [0, 0.1) is 10.1 Å². The van der Waals surface area contributed by atoms with E-state index in [0.29, 0.717) is 43.3 Å². The lowest BCUT2D eigenvalue weighted by atomic mass is 10.0. The number of nitrogens with one attached hydrogen (secondary N) is 1. The SMILES string of the molecule is COc1cccc(-c2cc(C(=O)Nc3nc4ccc([N+](=O)[O-])cc4s3)c3ccccc3n2)c1. The van der Waals surface area contributed by atoms with Crippen LogP contribution in [0.15, 0.2) is 72.8 Å². The van der Waals surface area contributed by atoms with E-state index in [4.69, 9.17) is 9.72 Å². The third-order valence-electron chi connectivity index (χ3n) is 5.13. The average molecular weight is 456 g/mol. The Morgan fingerprint density at radius 2 is 1.85 bits per heavy atom. The first-order valence-corrected chi connectivity index (χ1v) is 10.7. The van der Waals surface area contributed by atoms with Gasteiger partial charge in [-0.05, 0) is 30.3 Å².